The summed E-state index contributed by atoms with van der Waals surface area (Å²) in [5.41, 5.74) is 6.11. The minimum absolute atomic E-state index is 0.0639. The molecule has 5 heteroatoms. The summed E-state index contributed by atoms with van der Waals surface area (Å²) >= 11 is 0. The van der Waals surface area contributed by atoms with Crippen LogP contribution in [0.3, 0.4) is 0 Å². The second kappa shape index (κ2) is 4.02. The predicted octanol–water partition coefficient (Wildman–Crippen LogP) is 0.662. The molecule has 0 unspecified atom stereocenters. The average molecular weight is 211 g/mol. The van der Waals surface area contributed by atoms with Crippen molar-refractivity contribution in [1.29, 1.82) is 0 Å². The Morgan fingerprint density at radius 3 is 2.67 bits per heavy atom. The summed E-state index contributed by atoms with van der Waals surface area (Å²) in [6.45, 7) is 6.10. The number of carboxylic acids is 1. The highest BCUT2D eigenvalue weighted by Crippen LogP contribution is 2.18. The summed E-state index contributed by atoms with van der Waals surface area (Å²) in [5, 5.41) is 8.65. The fourth-order valence-electron chi connectivity index (χ4n) is 1.17. The van der Waals surface area contributed by atoms with Gasteiger partial charge >= 0.3 is 5.97 Å². The number of imidazole rings is 1. The van der Waals surface area contributed by atoms with Crippen LogP contribution in [-0.4, -0.2) is 27.1 Å². The average Bonchev–Trinajstić information content (AvgIpc) is 2.51. The molecule has 1 atom stereocenters. The van der Waals surface area contributed by atoms with Crippen molar-refractivity contribution >= 4 is 5.97 Å². The van der Waals surface area contributed by atoms with Crippen LogP contribution in [0.2, 0.25) is 0 Å². The number of carboxylic acid groups (broad SMARTS) is 1. The molecule has 0 spiro atoms. The highest BCUT2D eigenvalue weighted by atomic mass is 16.4. The molecule has 0 aromatic carbocycles. The summed E-state index contributed by atoms with van der Waals surface area (Å²) in [6.07, 6.45) is 1.92. The molecule has 1 aromatic heterocycles. The van der Waals surface area contributed by atoms with Crippen LogP contribution >= 0.6 is 0 Å². The molecule has 0 amide bonds. The summed E-state index contributed by atoms with van der Waals surface area (Å²) in [6, 6.07) is -0.877. The van der Waals surface area contributed by atoms with Crippen molar-refractivity contribution in [3.05, 3.63) is 17.7 Å². The molecule has 0 bridgehead atoms. The van der Waals surface area contributed by atoms with E-state index in [1.54, 1.807) is 6.20 Å². The Kier molecular flexibility index (Phi) is 3.14. The van der Waals surface area contributed by atoms with Gasteiger partial charge in [-0.3, -0.25) is 4.79 Å². The van der Waals surface area contributed by atoms with Crippen LogP contribution in [0, 0.1) is 0 Å². The molecule has 0 aliphatic rings. The number of hydrogen-bond acceptors (Lipinski definition) is 3. The quantitative estimate of drug-likeness (QED) is 0.685. The van der Waals surface area contributed by atoms with E-state index in [1.165, 1.54) is 0 Å². The Hall–Kier alpha value is -1.36. The summed E-state index contributed by atoms with van der Waals surface area (Å²) in [5.74, 6) is -0.156. The SMILES string of the molecule is CC(C)(C)c1ncc(C[C@H](N)C(=O)O)[nH]1. The van der Waals surface area contributed by atoms with Gasteiger partial charge in [0.15, 0.2) is 0 Å². The minimum Gasteiger partial charge on any atom is -0.480 e. The zero-order valence-corrected chi connectivity index (χ0v) is 9.24. The number of nitrogens with zero attached hydrogens (tertiary/aromatic N) is 1. The number of nitrogens with two attached hydrogens (primary N) is 1. The Labute approximate surface area is 88.7 Å². The molecule has 84 valence electrons. The van der Waals surface area contributed by atoms with Crippen molar-refractivity contribution in [2.24, 2.45) is 5.73 Å². The molecule has 0 fully saturated rings. The lowest BCUT2D eigenvalue weighted by molar-refractivity contribution is -0.138. The van der Waals surface area contributed by atoms with Gasteiger partial charge in [-0.05, 0) is 0 Å². The molecular weight excluding hydrogens is 194 g/mol. The summed E-state index contributed by atoms with van der Waals surface area (Å²) in [4.78, 5) is 17.8. The smallest absolute Gasteiger partial charge is 0.320 e. The van der Waals surface area contributed by atoms with E-state index in [4.69, 9.17) is 10.8 Å². The van der Waals surface area contributed by atoms with Gasteiger partial charge in [0.2, 0.25) is 0 Å². The number of aliphatic carboxylic acids is 1. The van der Waals surface area contributed by atoms with Crippen LogP contribution in [0.5, 0.6) is 0 Å². The van der Waals surface area contributed by atoms with Gasteiger partial charge in [-0.1, -0.05) is 20.8 Å². The fraction of sp³-hybridized carbons (Fsp3) is 0.600. The van der Waals surface area contributed by atoms with E-state index in [2.05, 4.69) is 9.97 Å². The topological polar surface area (TPSA) is 92.0 Å². The van der Waals surface area contributed by atoms with Gasteiger partial charge in [-0.25, -0.2) is 4.98 Å². The molecule has 0 saturated heterocycles. The lowest BCUT2D eigenvalue weighted by Crippen LogP contribution is -2.32. The van der Waals surface area contributed by atoms with E-state index in [1.807, 2.05) is 20.8 Å². The zero-order valence-electron chi connectivity index (χ0n) is 9.24. The van der Waals surface area contributed by atoms with Crippen LogP contribution in [0.1, 0.15) is 32.3 Å². The van der Waals surface area contributed by atoms with Crippen LogP contribution in [-0.2, 0) is 16.6 Å². The van der Waals surface area contributed by atoms with Crippen LogP contribution in [0.15, 0.2) is 6.20 Å². The number of aromatic nitrogens is 2. The lowest BCUT2D eigenvalue weighted by atomic mass is 9.96. The molecule has 4 N–H and O–H groups in total. The van der Waals surface area contributed by atoms with Gasteiger partial charge < -0.3 is 15.8 Å². The van der Waals surface area contributed by atoms with E-state index >= 15 is 0 Å². The molecule has 1 rings (SSSR count). The van der Waals surface area contributed by atoms with Crippen molar-refractivity contribution < 1.29 is 9.90 Å². The maximum Gasteiger partial charge on any atom is 0.320 e. The maximum absolute atomic E-state index is 10.5. The fourth-order valence-corrected chi connectivity index (χ4v) is 1.17. The largest absolute Gasteiger partial charge is 0.480 e. The molecular formula is C10H17N3O2. The van der Waals surface area contributed by atoms with Gasteiger partial charge in [-0.2, -0.15) is 0 Å². The van der Waals surface area contributed by atoms with Gasteiger partial charge in [0.25, 0.3) is 0 Å². The molecule has 0 aliphatic carbocycles. The van der Waals surface area contributed by atoms with Crippen molar-refractivity contribution in [2.45, 2.75) is 38.6 Å². The highest BCUT2D eigenvalue weighted by molar-refractivity contribution is 5.73. The number of carbonyl (C=O) groups is 1. The van der Waals surface area contributed by atoms with E-state index < -0.39 is 12.0 Å². The Bertz CT molecular complexity index is 352. The number of nitrogens with one attached hydrogen (secondary N) is 1. The van der Waals surface area contributed by atoms with E-state index in [0.29, 0.717) is 0 Å². The van der Waals surface area contributed by atoms with Gasteiger partial charge in [0, 0.05) is 23.7 Å². The first-order chi connectivity index (χ1) is 6.80. The maximum atomic E-state index is 10.5. The Balaban J connectivity index is 2.73. The minimum atomic E-state index is -0.998. The Morgan fingerprint density at radius 2 is 2.27 bits per heavy atom. The highest BCUT2D eigenvalue weighted by Gasteiger charge is 2.19. The number of aromatic amines is 1. The molecule has 1 heterocycles. The van der Waals surface area contributed by atoms with E-state index in [-0.39, 0.29) is 11.8 Å². The first-order valence-electron chi connectivity index (χ1n) is 4.83. The van der Waals surface area contributed by atoms with Crippen LogP contribution in [0.25, 0.3) is 0 Å². The third-order valence-electron chi connectivity index (χ3n) is 2.10. The van der Waals surface area contributed by atoms with Crippen molar-refractivity contribution in [1.82, 2.24) is 9.97 Å². The zero-order chi connectivity index (χ0) is 11.6. The van der Waals surface area contributed by atoms with Crippen LogP contribution < -0.4 is 5.73 Å². The van der Waals surface area contributed by atoms with E-state index in [0.717, 1.165) is 11.5 Å². The van der Waals surface area contributed by atoms with Crippen molar-refractivity contribution in [2.75, 3.05) is 0 Å². The normalized spacial score (nSPS) is 13.9. The molecule has 0 aliphatic heterocycles. The third kappa shape index (κ3) is 3.06. The molecule has 5 nitrogen and oxygen atoms in total. The van der Waals surface area contributed by atoms with Crippen molar-refractivity contribution in [3.8, 4) is 0 Å². The first kappa shape index (κ1) is 11.7. The molecule has 1 aromatic rings. The predicted molar refractivity (Wildman–Crippen MR) is 56.6 cm³/mol. The van der Waals surface area contributed by atoms with Gasteiger partial charge in [-0.15, -0.1) is 0 Å². The second-order valence-corrected chi connectivity index (χ2v) is 4.66. The van der Waals surface area contributed by atoms with Crippen LogP contribution in [0.4, 0.5) is 0 Å². The van der Waals surface area contributed by atoms with E-state index in [9.17, 15) is 4.79 Å². The summed E-state index contributed by atoms with van der Waals surface area (Å²) in [7, 11) is 0. The monoisotopic (exact) mass is 211 g/mol. The lowest BCUT2D eigenvalue weighted by Gasteiger charge is -2.14. The summed E-state index contributed by atoms with van der Waals surface area (Å²) < 4.78 is 0. The number of H-pyrrole nitrogens is 1. The second-order valence-electron chi connectivity index (χ2n) is 4.66. The molecule has 0 radical (unpaired) electrons. The molecule has 15 heavy (non-hydrogen) atoms. The number of rotatable bonds is 3. The molecule has 0 saturated carbocycles. The Morgan fingerprint density at radius 1 is 1.67 bits per heavy atom. The standard InChI is InChI=1S/C10H17N3O2/c1-10(2,3)9-12-5-6(13-9)4-7(11)8(14)15/h5,7H,4,11H2,1-3H3,(H,12,13)(H,14,15)/t7-/m0/s1. The number of hydrogen-bond donors (Lipinski definition) is 3. The van der Waals surface area contributed by atoms with Crippen molar-refractivity contribution in [3.63, 3.8) is 0 Å². The first-order valence-corrected chi connectivity index (χ1v) is 4.83. The van der Waals surface area contributed by atoms with Gasteiger partial charge in [0.05, 0.1) is 0 Å². The third-order valence-corrected chi connectivity index (χ3v) is 2.10. The van der Waals surface area contributed by atoms with Gasteiger partial charge in [0.1, 0.15) is 11.9 Å².